The van der Waals surface area contributed by atoms with Gasteiger partial charge in [-0.3, -0.25) is 0 Å². The zero-order chi connectivity index (χ0) is 11.2. The smallest absolute Gasteiger partial charge is 0.0575 e. The average molecular weight is 227 g/mol. The lowest BCUT2D eigenvalue weighted by molar-refractivity contribution is 0.00567. The highest BCUT2D eigenvalue weighted by Gasteiger charge is 2.22. The van der Waals surface area contributed by atoms with Crippen LogP contribution in [0.5, 0.6) is 0 Å². The third-order valence-corrected chi connectivity index (χ3v) is 3.97. The van der Waals surface area contributed by atoms with Gasteiger partial charge in [0.25, 0.3) is 0 Å². The number of hydrogen-bond donors (Lipinski definition) is 1. The van der Waals surface area contributed by atoms with Crippen LogP contribution in [0.3, 0.4) is 0 Å². The number of nitrogens with two attached hydrogens (primary N) is 1. The summed E-state index contributed by atoms with van der Waals surface area (Å²) in [4.78, 5) is 0. The van der Waals surface area contributed by atoms with Gasteiger partial charge in [0.2, 0.25) is 0 Å². The summed E-state index contributed by atoms with van der Waals surface area (Å²) in [5, 5.41) is 0. The van der Waals surface area contributed by atoms with E-state index in [2.05, 4.69) is 0 Å². The molecular formula is C13H25NO2. The summed E-state index contributed by atoms with van der Waals surface area (Å²) < 4.78 is 11.1. The van der Waals surface area contributed by atoms with Crippen LogP contribution in [0.2, 0.25) is 0 Å². The van der Waals surface area contributed by atoms with E-state index in [0.29, 0.717) is 18.1 Å². The summed E-state index contributed by atoms with van der Waals surface area (Å²) in [6.45, 7) is 2.76. The molecule has 2 aliphatic rings. The quantitative estimate of drug-likeness (QED) is 0.800. The van der Waals surface area contributed by atoms with Crippen LogP contribution in [0, 0.1) is 5.92 Å². The Labute approximate surface area is 98.7 Å². The van der Waals surface area contributed by atoms with Crippen molar-refractivity contribution in [1.29, 1.82) is 0 Å². The van der Waals surface area contributed by atoms with E-state index in [4.69, 9.17) is 15.2 Å². The van der Waals surface area contributed by atoms with Crippen LogP contribution in [0.15, 0.2) is 0 Å². The van der Waals surface area contributed by atoms with Crippen LogP contribution < -0.4 is 5.73 Å². The van der Waals surface area contributed by atoms with Gasteiger partial charge in [-0.1, -0.05) is 0 Å². The van der Waals surface area contributed by atoms with Gasteiger partial charge in [-0.15, -0.1) is 0 Å². The molecule has 2 N–H and O–H groups in total. The first-order chi connectivity index (χ1) is 7.86. The summed E-state index contributed by atoms with van der Waals surface area (Å²) in [5.74, 6) is 0.678. The Morgan fingerprint density at radius 2 is 1.88 bits per heavy atom. The van der Waals surface area contributed by atoms with Gasteiger partial charge in [0.15, 0.2) is 0 Å². The van der Waals surface area contributed by atoms with E-state index in [0.717, 1.165) is 45.5 Å². The van der Waals surface area contributed by atoms with E-state index in [-0.39, 0.29) is 0 Å². The molecular weight excluding hydrogens is 202 g/mol. The first-order valence-corrected chi connectivity index (χ1v) is 6.81. The summed E-state index contributed by atoms with van der Waals surface area (Å²) in [7, 11) is 0. The monoisotopic (exact) mass is 227 g/mol. The predicted molar refractivity (Wildman–Crippen MR) is 64.3 cm³/mol. The summed E-state index contributed by atoms with van der Waals surface area (Å²) in [5.41, 5.74) is 6.25. The lowest BCUT2D eigenvalue weighted by atomic mass is 9.88. The molecule has 2 saturated heterocycles. The average Bonchev–Trinajstić information content (AvgIpc) is 2.38. The summed E-state index contributed by atoms with van der Waals surface area (Å²) >= 11 is 0. The maximum absolute atomic E-state index is 6.25. The van der Waals surface area contributed by atoms with Crippen molar-refractivity contribution in [2.45, 2.75) is 57.1 Å². The van der Waals surface area contributed by atoms with Crippen LogP contribution in [0.25, 0.3) is 0 Å². The standard InChI is InChI=1S/C13H25NO2/c14-13(11-6-9-15-10-7-11)5-4-12-3-1-2-8-16-12/h11-13H,1-10,14H2. The zero-order valence-electron chi connectivity index (χ0n) is 10.2. The van der Waals surface area contributed by atoms with Gasteiger partial charge < -0.3 is 15.2 Å². The van der Waals surface area contributed by atoms with Gasteiger partial charge in [-0.25, -0.2) is 0 Å². The molecule has 0 aromatic carbocycles. The molecule has 3 nitrogen and oxygen atoms in total. The molecule has 0 saturated carbocycles. The van der Waals surface area contributed by atoms with Crippen molar-refractivity contribution in [3.8, 4) is 0 Å². The second-order valence-corrected chi connectivity index (χ2v) is 5.18. The highest BCUT2D eigenvalue weighted by molar-refractivity contribution is 4.77. The molecule has 0 amide bonds. The molecule has 0 radical (unpaired) electrons. The number of rotatable bonds is 4. The Balaban J connectivity index is 1.63. The first-order valence-electron chi connectivity index (χ1n) is 6.81. The van der Waals surface area contributed by atoms with Crippen LogP contribution >= 0.6 is 0 Å². The molecule has 3 heteroatoms. The van der Waals surface area contributed by atoms with E-state index in [9.17, 15) is 0 Å². The van der Waals surface area contributed by atoms with Crippen LogP contribution in [-0.2, 0) is 9.47 Å². The third-order valence-electron chi connectivity index (χ3n) is 3.97. The van der Waals surface area contributed by atoms with Gasteiger partial charge in [-0.2, -0.15) is 0 Å². The Hall–Kier alpha value is -0.120. The molecule has 2 atom stereocenters. The fourth-order valence-electron chi connectivity index (χ4n) is 2.79. The van der Waals surface area contributed by atoms with Gasteiger partial charge in [-0.05, 0) is 50.9 Å². The molecule has 2 heterocycles. The van der Waals surface area contributed by atoms with Crippen molar-refractivity contribution in [3.05, 3.63) is 0 Å². The van der Waals surface area contributed by atoms with E-state index in [1.807, 2.05) is 0 Å². The van der Waals surface area contributed by atoms with Crippen LogP contribution in [-0.4, -0.2) is 32.0 Å². The Morgan fingerprint density at radius 1 is 1.06 bits per heavy atom. The van der Waals surface area contributed by atoms with E-state index in [1.54, 1.807) is 0 Å². The van der Waals surface area contributed by atoms with Crippen LogP contribution in [0.4, 0.5) is 0 Å². The maximum Gasteiger partial charge on any atom is 0.0575 e. The normalized spacial score (nSPS) is 30.2. The Bertz CT molecular complexity index is 186. The highest BCUT2D eigenvalue weighted by Crippen LogP contribution is 2.23. The molecule has 0 spiro atoms. The molecule has 2 aliphatic heterocycles. The lowest BCUT2D eigenvalue weighted by Crippen LogP contribution is -2.35. The van der Waals surface area contributed by atoms with E-state index >= 15 is 0 Å². The molecule has 2 rings (SSSR count). The molecule has 0 bridgehead atoms. The minimum absolute atomic E-state index is 0.356. The summed E-state index contributed by atoms with van der Waals surface area (Å²) in [6, 6.07) is 0.356. The van der Waals surface area contributed by atoms with E-state index in [1.165, 1.54) is 19.3 Å². The van der Waals surface area contributed by atoms with Gasteiger partial charge in [0.05, 0.1) is 6.10 Å². The Kier molecular flexibility index (Phi) is 5.07. The van der Waals surface area contributed by atoms with Gasteiger partial charge in [0.1, 0.15) is 0 Å². The van der Waals surface area contributed by atoms with Crippen molar-refractivity contribution >= 4 is 0 Å². The van der Waals surface area contributed by atoms with E-state index < -0.39 is 0 Å². The molecule has 2 fully saturated rings. The zero-order valence-corrected chi connectivity index (χ0v) is 10.2. The van der Waals surface area contributed by atoms with Crippen molar-refractivity contribution < 1.29 is 9.47 Å². The lowest BCUT2D eigenvalue weighted by Gasteiger charge is -2.29. The fraction of sp³-hybridized carbons (Fsp3) is 1.00. The van der Waals surface area contributed by atoms with Crippen molar-refractivity contribution in [2.75, 3.05) is 19.8 Å². The van der Waals surface area contributed by atoms with Crippen molar-refractivity contribution in [2.24, 2.45) is 11.7 Å². The molecule has 0 aliphatic carbocycles. The maximum atomic E-state index is 6.25. The fourth-order valence-corrected chi connectivity index (χ4v) is 2.79. The van der Waals surface area contributed by atoms with Crippen LogP contribution in [0.1, 0.15) is 44.9 Å². The number of ether oxygens (including phenoxy) is 2. The SMILES string of the molecule is NC(CCC1CCCCO1)C1CCOCC1. The molecule has 16 heavy (non-hydrogen) atoms. The van der Waals surface area contributed by atoms with Crippen molar-refractivity contribution in [1.82, 2.24) is 0 Å². The first kappa shape index (κ1) is 12.3. The number of hydrogen-bond acceptors (Lipinski definition) is 3. The van der Waals surface area contributed by atoms with Gasteiger partial charge >= 0.3 is 0 Å². The molecule has 94 valence electrons. The third kappa shape index (κ3) is 3.72. The predicted octanol–water partition coefficient (Wildman–Crippen LogP) is 2.09. The Morgan fingerprint density at radius 3 is 2.56 bits per heavy atom. The molecule has 0 aromatic heterocycles. The highest BCUT2D eigenvalue weighted by atomic mass is 16.5. The van der Waals surface area contributed by atoms with Crippen molar-refractivity contribution in [3.63, 3.8) is 0 Å². The minimum Gasteiger partial charge on any atom is -0.381 e. The van der Waals surface area contributed by atoms with Gasteiger partial charge in [0, 0.05) is 25.9 Å². The second kappa shape index (κ2) is 6.58. The molecule has 0 aromatic rings. The second-order valence-electron chi connectivity index (χ2n) is 5.18. The summed E-state index contributed by atoms with van der Waals surface area (Å²) in [6.07, 6.45) is 8.85. The largest absolute Gasteiger partial charge is 0.381 e. The minimum atomic E-state index is 0.356. The topological polar surface area (TPSA) is 44.5 Å². The molecule has 2 unspecified atom stereocenters.